The lowest BCUT2D eigenvalue weighted by Crippen LogP contribution is -2.46. The van der Waals surface area contributed by atoms with Crippen LogP contribution in [0.1, 0.15) is 34.1 Å². The quantitative estimate of drug-likeness (QED) is 0.744. The van der Waals surface area contributed by atoms with Crippen molar-refractivity contribution in [2.24, 2.45) is 17.6 Å². The van der Waals surface area contributed by atoms with E-state index in [0.717, 1.165) is 0 Å². The number of rotatable bonds is 4. The van der Waals surface area contributed by atoms with Crippen molar-refractivity contribution >= 4 is 18.4 Å². The number of aliphatic carboxylic acids is 1. The lowest BCUT2D eigenvalue weighted by molar-refractivity contribution is -0.143. The van der Waals surface area contributed by atoms with E-state index in [-0.39, 0.29) is 12.4 Å². The Morgan fingerprint density at radius 3 is 2.08 bits per heavy atom. The van der Waals surface area contributed by atoms with Crippen LogP contribution in [-0.2, 0) is 4.79 Å². The molecule has 0 aliphatic heterocycles. The topological polar surface area (TPSA) is 63.3 Å². The summed E-state index contributed by atoms with van der Waals surface area (Å²) in [5.74, 6) is -0.0988. The standard InChI is InChI=1S/C9H19NO2.ClH/c1-6(2)7(3)5-9(4,10)8(11)12;/h6-7H,5,10H2,1-4H3,(H,11,12);1H/t7?,9-;/m0./s1. The number of carboxylic acids is 1. The molecule has 1 unspecified atom stereocenters. The second kappa shape index (κ2) is 5.45. The van der Waals surface area contributed by atoms with Crippen LogP contribution in [0.4, 0.5) is 0 Å². The lowest BCUT2D eigenvalue weighted by Gasteiger charge is -2.25. The summed E-state index contributed by atoms with van der Waals surface area (Å²) >= 11 is 0. The fourth-order valence-electron chi connectivity index (χ4n) is 0.992. The normalized spacial score (nSPS) is 17.4. The lowest BCUT2D eigenvalue weighted by atomic mass is 9.85. The van der Waals surface area contributed by atoms with E-state index >= 15 is 0 Å². The molecule has 13 heavy (non-hydrogen) atoms. The van der Waals surface area contributed by atoms with Gasteiger partial charge in [-0.05, 0) is 25.2 Å². The number of carboxylic acid groups (broad SMARTS) is 1. The van der Waals surface area contributed by atoms with Crippen LogP contribution < -0.4 is 5.73 Å². The Bertz CT molecular complexity index is 169. The maximum absolute atomic E-state index is 10.7. The molecular weight excluding hydrogens is 190 g/mol. The number of nitrogens with two attached hydrogens (primary N) is 1. The summed E-state index contributed by atoms with van der Waals surface area (Å²) in [5, 5.41) is 8.75. The van der Waals surface area contributed by atoms with Crippen LogP contribution in [0.5, 0.6) is 0 Å². The molecule has 0 spiro atoms. The van der Waals surface area contributed by atoms with Gasteiger partial charge in [0.1, 0.15) is 5.54 Å². The van der Waals surface area contributed by atoms with E-state index in [4.69, 9.17) is 10.8 Å². The molecule has 0 bridgehead atoms. The molecule has 4 heteroatoms. The van der Waals surface area contributed by atoms with Crippen LogP contribution in [0.3, 0.4) is 0 Å². The summed E-state index contributed by atoms with van der Waals surface area (Å²) in [4.78, 5) is 10.7. The molecule has 0 radical (unpaired) electrons. The van der Waals surface area contributed by atoms with Crippen molar-refractivity contribution in [1.29, 1.82) is 0 Å². The molecule has 0 heterocycles. The van der Waals surface area contributed by atoms with E-state index in [1.807, 2.05) is 6.92 Å². The van der Waals surface area contributed by atoms with Gasteiger partial charge in [0.25, 0.3) is 0 Å². The third kappa shape index (κ3) is 5.11. The Kier molecular flexibility index (Phi) is 6.37. The first kappa shape index (κ1) is 15.2. The van der Waals surface area contributed by atoms with Crippen molar-refractivity contribution in [2.45, 2.75) is 39.7 Å². The number of hydrogen-bond acceptors (Lipinski definition) is 2. The van der Waals surface area contributed by atoms with Gasteiger partial charge in [-0.3, -0.25) is 4.79 Å². The molecule has 0 aliphatic carbocycles. The number of hydrogen-bond donors (Lipinski definition) is 2. The molecule has 3 N–H and O–H groups in total. The monoisotopic (exact) mass is 209 g/mol. The molecule has 80 valence electrons. The van der Waals surface area contributed by atoms with Crippen molar-refractivity contribution < 1.29 is 9.90 Å². The number of halogens is 1. The molecular formula is C9H20ClNO2. The predicted octanol–water partition coefficient (Wildman–Crippen LogP) is 1.89. The second-order valence-electron chi connectivity index (χ2n) is 4.15. The summed E-state index contributed by atoms with van der Waals surface area (Å²) in [6.45, 7) is 7.73. The van der Waals surface area contributed by atoms with E-state index in [1.165, 1.54) is 0 Å². The molecule has 0 aromatic rings. The Balaban J connectivity index is 0. The summed E-state index contributed by atoms with van der Waals surface area (Å²) in [6.07, 6.45) is 0.528. The third-order valence-corrected chi connectivity index (χ3v) is 2.37. The fourth-order valence-corrected chi connectivity index (χ4v) is 0.992. The van der Waals surface area contributed by atoms with Crippen molar-refractivity contribution in [3.8, 4) is 0 Å². The minimum Gasteiger partial charge on any atom is -0.480 e. The minimum absolute atomic E-state index is 0. The Hall–Kier alpha value is -0.280. The fraction of sp³-hybridized carbons (Fsp3) is 0.889. The minimum atomic E-state index is -1.08. The molecule has 0 aromatic carbocycles. The van der Waals surface area contributed by atoms with Gasteiger partial charge in [-0.1, -0.05) is 20.8 Å². The largest absolute Gasteiger partial charge is 0.480 e. The maximum Gasteiger partial charge on any atom is 0.323 e. The Labute approximate surface area is 86.1 Å². The average Bonchev–Trinajstić information content (AvgIpc) is 1.85. The molecule has 0 rings (SSSR count). The smallest absolute Gasteiger partial charge is 0.323 e. The zero-order valence-electron chi connectivity index (χ0n) is 8.70. The molecule has 0 saturated heterocycles. The van der Waals surface area contributed by atoms with Gasteiger partial charge in [-0.25, -0.2) is 0 Å². The SMILES string of the molecule is CC(C)C(C)C[C@](C)(N)C(=O)O.Cl. The van der Waals surface area contributed by atoms with Crippen LogP contribution in [0, 0.1) is 11.8 Å². The Morgan fingerprint density at radius 2 is 1.85 bits per heavy atom. The first-order chi connectivity index (χ1) is 5.27. The first-order valence-electron chi connectivity index (χ1n) is 4.29. The summed E-state index contributed by atoms with van der Waals surface area (Å²) in [5.41, 5.74) is 4.52. The van der Waals surface area contributed by atoms with Crippen molar-refractivity contribution in [1.82, 2.24) is 0 Å². The van der Waals surface area contributed by atoms with Crippen LogP contribution in [0.15, 0.2) is 0 Å². The van der Waals surface area contributed by atoms with Crippen molar-refractivity contribution in [3.05, 3.63) is 0 Å². The summed E-state index contributed by atoms with van der Waals surface area (Å²) < 4.78 is 0. The highest BCUT2D eigenvalue weighted by Gasteiger charge is 2.30. The second-order valence-corrected chi connectivity index (χ2v) is 4.15. The molecule has 0 aromatic heterocycles. The van der Waals surface area contributed by atoms with Gasteiger partial charge in [0.15, 0.2) is 0 Å². The van der Waals surface area contributed by atoms with Gasteiger partial charge in [0.2, 0.25) is 0 Å². The van der Waals surface area contributed by atoms with Gasteiger partial charge < -0.3 is 10.8 Å². The van der Waals surface area contributed by atoms with Crippen LogP contribution in [-0.4, -0.2) is 16.6 Å². The molecule has 2 atom stereocenters. The van der Waals surface area contributed by atoms with E-state index in [0.29, 0.717) is 18.3 Å². The van der Waals surface area contributed by atoms with Gasteiger partial charge >= 0.3 is 5.97 Å². The van der Waals surface area contributed by atoms with E-state index in [9.17, 15) is 4.79 Å². The molecule has 0 aliphatic rings. The summed E-state index contributed by atoms with van der Waals surface area (Å²) in [7, 11) is 0. The van der Waals surface area contributed by atoms with Gasteiger partial charge in [-0.15, -0.1) is 12.4 Å². The van der Waals surface area contributed by atoms with E-state index in [1.54, 1.807) is 6.92 Å². The van der Waals surface area contributed by atoms with Crippen molar-refractivity contribution in [2.75, 3.05) is 0 Å². The molecule has 3 nitrogen and oxygen atoms in total. The van der Waals surface area contributed by atoms with Crippen LogP contribution >= 0.6 is 12.4 Å². The van der Waals surface area contributed by atoms with E-state index in [2.05, 4.69) is 13.8 Å². The van der Waals surface area contributed by atoms with Crippen LogP contribution in [0.2, 0.25) is 0 Å². The first-order valence-corrected chi connectivity index (χ1v) is 4.29. The van der Waals surface area contributed by atoms with Gasteiger partial charge in [0, 0.05) is 0 Å². The van der Waals surface area contributed by atoms with Gasteiger partial charge in [0.05, 0.1) is 0 Å². The highest BCUT2D eigenvalue weighted by atomic mass is 35.5. The Morgan fingerprint density at radius 1 is 1.46 bits per heavy atom. The molecule has 0 saturated carbocycles. The highest BCUT2D eigenvalue weighted by Crippen LogP contribution is 2.20. The molecule has 0 amide bonds. The zero-order chi connectivity index (χ0) is 9.94. The average molecular weight is 210 g/mol. The third-order valence-electron chi connectivity index (χ3n) is 2.37. The van der Waals surface area contributed by atoms with Crippen molar-refractivity contribution in [3.63, 3.8) is 0 Å². The van der Waals surface area contributed by atoms with E-state index < -0.39 is 11.5 Å². The van der Waals surface area contributed by atoms with Gasteiger partial charge in [-0.2, -0.15) is 0 Å². The molecule has 0 fully saturated rings. The number of carbonyl (C=O) groups is 1. The maximum atomic E-state index is 10.7. The predicted molar refractivity (Wildman–Crippen MR) is 56.1 cm³/mol. The zero-order valence-corrected chi connectivity index (χ0v) is 9.52. The highest BCUT2D eigenvalue weighted by molar-refractivity contribution is 5.85. The summed E-state index contributed by atoms with van der Waals surface area (Å²) in [6, 6.07) is 0. The van der Waals surface area contributed by atoms with Crippen LogP contribution in [0.25, 0.3) is 0 Å².